The Kier molecular flexibility index (Phi) is 7.14. The maximum atomic E-state index is 15.3. The van der Waals surface area contributed by atoms with Crippen molar-refractivity contribution in [2.45, 2.75) is 6.92 Å². The minimum Gasteiger partial charge on any atom is -0.378 e. The van der Waals surface area contributed by atoms with Crippen molar-refractivity contribution in [1.29, 1.82) is 0 Å². The molecule has 38 heavy (non-hydrogen) atoms. The lowest BCUT2D eigenvalue weighted by Crippen LogP contribution is -2.46. The van der Waals surface area contributed by atoms with E-state index in [0.29, 0.717) is 23.8 Å². The molecule has 1 amide bonds. The zero-order valence-electron chi connectivity index (χ0n) is 21.4. The van der Waals surface area contributed by atoms with Crippen molar-refractivity contribution in [3.63, 3.8) is 0 Å². The molecule has 2 aromatic carbocycles. The van der Waals surface area contributed by atoms with Crippen molar-refractivity contribution in [3.8, 4) is 11.1 Å². The number of ether oxygens (including phenoxy) is 1. The number of hydrogen-bond acceptors (Lipinski definition) is 7. The third-order valence-corrected chi connectivity index (χ3v) is 8.42. The van der Waals surface area contributed by atoms with Gasteiger partial charge in [0, 0.05) is 50.9 Å². The molecule has 3 aromatic rings. The van der Waals surface area contributed by atoms with Crippen LogP contribution in [0.2, 0.25) is 0 Å². The average Bonchev–Trinajstić information content (AvgIpc) is 3.33. The predicted molar refractivity (Wildman–Crippen MR) is 152 cm³/mol. The van der Waals surface area contributed by atoms with Gasteiger partial charge in [-0.05, 0) is 71.4 Å². The van der Waals surface area contributed by atoms with Crippen LogP contribution in [-0.4, -0.2) is 84.9 Å². The van der Waals surface area contributed by atoms with Crippen LogP contribution in [0.3, 0.4) is 0 Å². The number of piperazine rings is 1. The fourth-order valence-corrected chi connectivity index (χ4v) is 6.15. The number of anilines is 1. The average molecular weight is 532 g/mol. The molecule has 1 aromatic heterocycles. The highest BCUT2D eigenvalue weighted by Crippen LogP contribution is 2.34. The Morgan fingerprint density at radius 2 is 1.82 bits per heavy atom. The predicted octanol–water partition coefficient (Wildman–Crippen LogP) is 4.49. The van der Waals surface area contributed by atoms with E-state index in [4.69, 9.17) is 4.74 Å². The Hall–Kier alpha value is -3.27. The van der Waals surface area contributed by atoms with Crippen molar-refractivity contribution in [3.05, 3.63) is 64.9 Å². The number of amides is 1. The fourth-order valence-electron chi connectivity index (χ4n) is 5.18. The highest BCUT2D eigenvalue weighted by molar-refractivity contribution is 8.18. The van der Waals surface area contributed by atoms with Gasteiger partial charge in [0.2, 0.25) is 0 Å². The number of halogens is 1. The summed E-state index contributed by atoms with van der Waals surface area (Å²) >= 11 is 1.40. The summed E-state index contributed by atoms with van der Waals surface area (Å²) in [6, 6.07) is 13.3. The molecule has 0 spiro atoms. The molecule has 4 heterocycles. The first-order valence-corrected chi connectivity index (χ1v) is 13.9. The first-order valence-electron chi connectivity index (χ1n) is 13.1. The summed E-state index contributed by atoms with van der Waals surface area (Å²) < 4.78 is 20.7. The van der Waals surface area contributed by atoms with Crippen LogP contribution in [0.4, 0.5) is 10.1 Å². The molecule has 0 radical (unpaired) electrons. The molecular weight excluding hydrogens is 501 g/mol. The Balaban J connectivity index is 1.27. The van der Waals surface area contributed by atoms with E-state index in [9.17, 15) is 4.79 Å². The molecule has 0 aliphatic carbocycles. The maximum absolute atomic E-state index is 15.3. The number of hydrogen-bond donors (Lipinski definition) is 0. The molecule has 7 nitrogen and oxygen atoms in total. The molecule has 0 bridgehead atoms. The normalized spacial score (nSPS) is 20.0. The largest absolute Gasteiger partial charge is 0.378 e. The number of rotatable bonds is 4. The quantitative estimate of drug-likeness (QED) is 0.460. The van der Waals surface area contributed by atoms with Crippen molar-refractivity contribution < 1.29 is 13.9 Å². The van der Waals surface area contributed by atoms with Crippen LogP contribution < -0.4 is 4.90 Å². The second-order valence-electron chi connectivity index (χ2n) is 9.63. The molecule has 0 saturated carbocycles. The van der Waals surface area contributed by atoms with Gasteiger partial charge in [-0.2, -0.15) is 4.99 Å². The van der Waals surface area contributed by atoms with Gasteiger partial charge in [-0.3, -0.25) is 9.78 Å². The number of aliphatic imine (C=N–C) groups is 1. The summed E-state index contributed by atoms with van der Waals surface area (Å²) in [6.07, 6.45) is 3.63. The number of aromatic nitrogens is 1. The van der Waals surface area contributed by atoms with Gasteiger partial charge in [-0.15, -0.1) is 0 Å². The van der Waals surface area contributed by atoms with Gasteiger partial charge in [-0.1, -0.05) is 19.1 Å². The molecule has 9 heteroatoms. The van der Waals surface area contributed by atoms with Gasteiger partial charge in [0.05, 0.1) is 29.3 Å². The summed E-state index contributed by atoms with van der Waals surface area (Å²) in [5.41, 5.74) is 4.07. The summed E-state index contributed by atoms with van der Waals surface area (Å²) in [4.78, 5) is 28.6. The van der Waals surface area contributed by atoms with Gasteiger partial charge in [0.15, 0.2) is 5.17 Å². The molecule has 196 valence electrons. The Labute approximate surface area is 226 Å². The molecule has 3 aliphatic heterocycles. The first kappa shape index (κ1) is 25.0. The molecule has 0 unspecified atom stereocenters. The van der Waals surface area contributed by atoms with Gasteiger partial charge < -0.3 is 19.4 Å². The molecule has 2 saturated heterocycles. The number of fused-ring (bicyclic) bond motifs is 1. The van der Waals surface area contributed by atoms with Crippen LogP contribution in [0.1, 0.15) is 12.5 Å². The number of carbonyl (C=O) groups excluding carboxylic acids is 1. The maximum Gasteiger partial charge on any atom is 0.286 e. The molecule has 0 N–H and O–H groups in total. The minimum absolute atomic E-state index is 0.212. The standard InChI is InChI=1S/C29H30FN5O2S/c1-2-33-9-11-34(12-10-33)26-6-4-21(19-24(26)30)22-7-8-31-25-5-3-20(17-23(22)25)18-27-28(36)32-29(38-27)35-13-15-37-16-14-35/h3-8,17-19H,2,9-16H2,1H3/b27-18-. The van der Waals surface area contributed by atoms with Gasteiger partial charge in [0.1, 0.15) is 5.82 Å². The van der Waals surface area contributed by atoms with Crippen molar-refractivity contribution in [1.82, 2.24) is 14.8 Å². The van der Waals surface area contributed by atoms with Gasteiger partial charge in [0.25, 0.3) is 5.91 Å². The van der Waals surface area contributed by atoms with E-state index in [0.717, 1.165) is 78.6 Å². The lowest BCUT2D eigenvalue weighted by molar-refractivity contribution is -0.113. The summed E-state index contributed by atoms with van der Waals surface area (Å²) in [7, 11) is 0. The third-order valence-electron chi connectivity index (χ3n) is 7.37. The minimum atomic E-state index is -0.222. The Bertz CT molecular complexity index is 1430. The first-order chi connectivity index (χ1) is 18.6. The van der Waals surface area contributed by atoms with Crippen molar-refractivity contribution >= 4 is 45.5 Å². The van der Waals surface area contributed by atoms with Crippen LogP contribution in [0.15, 0.2) is 58.6 Å². The summed E-state index contributed by atoms with van der Waals surface area (Å²) in [5, 5.41) is 1.65. The third kappa shape index (κ3) is 5.06. The monoisotopic (exact) mass is 531 g/mol. The van der Waals surface area contributed by atoms with Crippen LogP contribution in [0, 0.1) is 5.82 Å². The zero-order valence-corrected chi connectivity index (χ0v) is 22.2. The van der Waals surface area contributed by atoms with E-state index >= 15 is 4.39 Å². The lowest BCUT2D eigenvalue weighted by Gasteiger charge is -2.35. The highest BCUT2D eigenvalue weighted by Gasteiger charge is 2.27. The number of pyridine rings is 1. The Morgan fingerprint density at radius 1 is 1.00 bits per heavy atom. The lowest BCUT2D eigenvalue weighted by atomic mass is 9.99. The van der Waals surface area contributed by atoms with E-state index in [2.05, 4.69) is 31.6 Å². The zero-order chi connectivity index (χ0) is 26.1. The van der Waals surface area contributed by atoms with Crippen LogP contribution in [0.5, 0.6) is 0 Å². The summed E-state index contributed by atoms with van der Waals surface area (Å²) in [5.74, 6) is -0.433. The fraction of sp³-hybridized carbons (Fsp3) is 0.345. The molecule has 0 atom stereocenters. The second kappa shape index (κ2) is 10.8. The number of benzene rings is 2. The highest BCUT2D eigenvalue weighted by atomic mass is 32.2. The smallest absolute Gasteiger partial charge is 0.286 e. The molecule has 2 fully saturated rings. The number of morpholine rings is 1. The van der Waals surface area contributed by atoms with Crippen LogP contribution in [0.25, 0.3) is 28.1 Å². The Morgan fingerprint density at radius 3 is 2.58 bits per heavy atom. The molecule has 6 rings (SSSR count). The van der Waals surface area contributed by atoms with E-state index in [1.807, 2.05) is 42.5 Å². The summed E-state index contributed by atoms with van der Waals surface area (Å²) in [6.45, 7) is 9.50. The number of nitrogens with zero attached hydrogens (tertiary/aromatic N) is 5. The van der Waals surface area contributed by atoms with Crippen molar-refractivity contribution in [2.24, 2.45) is 4.99 Å². The topological polar surface area (TPSA) is 61.3 Å². The number of thioether (sulfide) groups is 1. The van der Waals surface area contributed by atoms with E-state index in [-0.39, 0.29) is 11.7 Å². The molecule has 3 aliphatic rings. The van der Waals surface area contributed by atoms with Crippen molar-refractivity contribution in [2.75, 3.05) is 63.9 Å². The van der Waals surface area contributed by atoms with E-state index < -0.39 is 0 Å². The van der Waals surface area contributed by atoms with E-state index in [1.165, 1.54) is 11.8 Å². The number of carbonyl (C=O) groups is 1. The van der Waals surface area contributed by atoms with Crippen LogP contribution >= 0.6 is 11.8 Å². The van der Waals surface area contributed by atoms with Gasteiger partial charge in [-0.25, -0.2) is 4.39 Å². The van der Waals surface area contributed by atoms with Crippen LogP contribution in [-0.2, 0) is 9.53 Å². The molecular formula is C29H30FN5O2S. The number of likely N-dealkylation sites (N-methyl/N-ethyl adjacent to an activating group) is 1. The van der Waals surface area contributed by atoms with Gasteiger partial charge >= 0.3 is 0 Å². The second-order valence-corrected chi connectivity index (χ2v) is 10.6. The number of amidine groups is 1. The SMILES string of the molecule is CCN1CCN(c2ccc(-c3ccnc4ccc(/C=C5\SC(N6CCOCC6)=NC5=O)cc34)cc2F)CC1. The van der Waals surface area contributed by atoms with E-state index in [1.54, 1.807) is 12.3 Å².